The lowest BCUT2D eigenvalue weighted by molar-refractivity contribution is -0.115. The minimum absolute atomic E-state index is 0.00553. The Morgan fingerprint density at radius 3 is 2.50 bits per heavy atom. The summed E-state index contributed by atoms with van der Waals surface area (Å²) in [4.78, 5) is 25.1. The third-order valence-electron chi connectivity index (χ3n) is 4.08. The first kappa shape index (κ1) is 16.1. The molecule has 1 aromatic heterocycles. The zero-order valence-corrected chi connectivity index (χ0v) is 13.4. The number of aromatic nitrogens is 2. The summed E-state index contributed by atoms with van der Waals surface area (Å²) in [5.41, 5.74) is 0.503. The second-order valence-corrected chi connectivity index (χ2v) is 5.83. The van der Waals surface area contributed by atoms with E-state index in [0.29, 0.717) is 5.56 Å². The maximum atomic E-state index is 12.8. The zero-order valence-electron chi connectivity index (χ0n) is 13.4. The summed E-state index contributed by atoms with van der Waals surface area (Å²) < 4.78 is 0. The van der Waals surface area contributed by atoms with Crippen LogP contribution in [0.1, 0.15) is 37.7 Å². The van der Waals surface area contributed by atoms with Crippen LogP contribution in [0, 0.1) is 0 Å². The van der Waals surface area contributed by atoms with Crippen LogP contribution < -0.4 is 5.32 Å². The molecule has 1 aliphatic carbocycles. The van der Waals surface area contributed by atoms with Crippen LogP contribution in [0.25, 0.3) is 0 Å². The Balaban J connectivity index is 1.91. The summed E-state index contributed by atoms with van der Waals surface area (Å²) in [5.74, 6) is -0.114. The molecule has 3 rings (SSSR count). The minimum Gasteiger partial charge on any atom is -0.507 e. The van der Waals surface area contributed by atoms with E-state index in [1.54, 1.807) is 36.7 Å². The van der Waals surface area contributed by atoms with Gasteiger partial charge in [0.05, 0.1) is 0 Å². The Kier molecular flexibility index (Phi) is 5.15. The van der Waals surface area contributed by atoms with Gasteiger partial charge in [0, 0.05) is 24.0 Å². The fraction of sp³-hybridized carbons (Fsp3) is 0.333. The average molecular weight is 324 g/mol. The predicted octanol–water partition coefficient (Wildman–Crippen LogP) is 2.75. The molecule has 1 fully saturated rings. The van der Waals surface area contributed by atoms with Gasteiger partial charge in [0.1, 0.15) is 11.5 Å². The summed E-state index contributed by atoms with van der Waals surface area (Å²) in [6.07, 6.45) is 8.53. The molecule has 6 nitrogen and oxygen atoms in total. The summed E-state index contributed by atoms with van der Waals surface area (Å²) >= 11 is 0. The average Bonchev–Trinajstić information content (AvgIpc) is 2.62. The van der Waals surface area contributed by atoms with Crippen molar-refractivity contribution in [2.75, 3.05) is 0 Å². The van der Waals surface area contributed by atoms with Gasteiger partial charge >= 0.3 is 0 Å². The van der Waals surface area contributed by atoms with Gasteiger partial charge in [0.15, 0.2) is 0 Å². The maximum Gasteiger partial charge on any atom is 0.271 e. The summed E-state index contributed by atoms with van der Waals surface area (Å²) in [6.45, 7) is 0. The molecule has 0 unspecified atom stereocenters. The lowest BCUT2D eigenvalue weighted by Gasteiger charge is -2.23. The highest BCUT2D eigenvalue weighted by atomic mass is 16.3. The number of benzene rings is 1. The van der Waals surface area contributed by atoms with Crippen molar-refractivity contribution < 1.29 is 9.90 Å². The highest BCUT2D eigenvalue weighted by Gasteiger charge is 2.22. The molecule has 0 aliphatic heterocycles. The predicted molar refractivity (Wildman–Crippen MR) is 91.4 cm³/mol. The van der Waals surface area contributed by atoms with E-state index in [1.165, 1.54) is 12.5 Å². The van der Waals surface area contributed by atoms with Crippen LogP contribution in [0.2, 0.25) is 0 Å². The molecule has 2 N–H and O–H groups in total. The van der Waals surface area contributed by atoms with Crippen LogP contribution in [-0.4, -0.2) is 32.7 Å². The van der Waals surface area contributed by atoms with Crippen molar-refractivity contribution in [1.29, 1.82) is 0 Å². The molecule has 124 valence electrons. The smallest absolute Gasteiger partial charge is 0.271 e. The number of hydrogen-bond acceptors (Lipinski definition) is 5. The first-order valence-electron chi connectivity index (χ1n) is 8.19. The highest BCUT2D eigenvalue weighted by molar-refractivity contribution is 6.46. The Morgan fingerprint density at radius 1 is 1.08 bits per heavy atom. The second-order valence-electron chi connectivity index (χ2n) is 5.83. The number of rotatable bonds is 4. The van der Waals surface area contributed by atoms with Crippen molar-refractivity contribution >= 4 is 17.6 Å². The maximum absolute atomic E-state index is 12.8. The van der Waals surface area contributed by atoms with Crippen molar-refractivity contribution in [2.45, 2.75) is 38.1 Å². The van der Waals surface area contributed by atoms with Crippen LogP contribution in [0.5, 0.6) is 5.75 Å². The molecule has 6 heteroatoms. The molecule has 1 aromatic carbocycles. The summed E-state index contributed by atoms with van der Waals surface area (Å²) in [5, 5.41) is 13.1. The van der Waals surface area contributed by atoms with Crippen molar-refractivity contribution in [3.63, 3.8) is 0 Å². The topological polar surface area (TPSA) is 87.5 Å². The largest absolute Gasteiger partial charge is 0.507 e. The number of nitrogens with one attached hydrogen (secondary N) is 1. The molecule has 2 aromatic rings. The van der Waals surface area contributed by atoms with Gasteiger partial charge in [-0.25, -0.2) is 15.0 Å². The van der Waals surface area contributed by atoms with Crippen LogP contribution >= 0.6 is 0 Å². The van der Waals surface area contributed by atoms with Gasteiger partial charge < -0.3 is 10.4 Å². The van der Waals surface area contributed by atoms with E-state index in [-0.39, 0.29) is 29.4 Å². The number of carbonyl (C=O) groups is 1. The van der Waals surface area contributed by atoms with E-state index in [4.69, 9.17) is 0 Å². The van der Waals surface area contributed by atoms with E-state index < -0.39 is 0 Å². The van der Waals surface area contributed by atoms with Gasteiger partial charge in [-0.05, 0) is 31.0 Å². The van der Waals surface area contributed by atoms with Gasteiger partial charge in [-0.15, -0.1) is 0 Å². The van der Waals surface area contributed by atoms with Crippen molar-refractivity contribution in [2.24, 2.45) is 4.99 Å². The third kappa shape index (κ3) is 3.95. The monoisotopic (exact) mass is 324 g/mol. The quantitative estimate of drug-likeness (QED) is 0.847. The molecule has 0 bridgehead atoms. The normalized spacial score (nSPS) is 15.9. The SMILES string of the molecule is O=C(NC1CCCCC1)C(=Nc1ncccn1)c1ccccc1O. The first-order chi connectivity index (χ1) is 11.7. The molecule has 1 heterocycles. The number of aliphatic imine (C=N–C) groups is 1. The fourth-order valence-electron chi connectivity index (χ4n) is 2.86. The molecule has 1 amide bonds. The second kappa shape index (κ2) is 7.68. The van der Waals surface area contributed by atoms with Crippen LogP contribution in [0.4, 0.5) is 5.95 Å². The van der Waals surface area contributed by atoms with E-state index in [2.05, 4.69) is 20.3 Å². The standard InChI is InChI=1S/C18H20N4O2/c23-15-10-5-4-9-14(15)16(22-18-19-11-6-12-20-18)17(24)21-13-7-2-1-3-8-13/h4-6,9-13,23H,1-3,7-8H2,(H,21,24). The Morgan fingerprint density at radius 2 is 1.79 bits per heavy atom. The Labute approximate surface area is 140 Å². The van der Waals surface area contributed by atoms with Gasteiger partial charge in [0.2, 0.25) is 5.95 Å². The van der Waals surface area contributed by atoms with Gasteiger partial charge in [-0.1, -0.05) is 31.4 Å². The molecule has 0 atom stereocenters. The third-order valence-corrected chi connectivity index (χ3v) is 4.08. The van der Waals surface area contributed by atoms with Crippen molar-refractivity contribution in [3.8, 4) is 5.75 Å². The number of nitrogens with zero attached hydrogens (tertiary/aromatic N) is 3. The van der Waals surface area contributed by atoms with Crippen molar-refractivity contribution in [3.05, 3.63) is 48.3 Å². The van der Waals surface area contributed by atoms with E-state index >= 15 is 0 Å². The van der Waals surface area contributed by atoms with Gasteiger partial charge in [-0.2, -0.15) is 0 Å². The summed E-state index contributed by atoms with van der Waals surface area (Å²) in [6, 6.07) is 8.49. The first-order valence-corrected chi connectivity index (χ1v) is 8.19. The van der Waals surface area contributed by atoms with Crippen LogP contribution in [0.15, 0.2) is 47.7 Å². The molecule has 0 saturated heterocycles. The molecule has 0 radical (unpaired) electrons. The van der Waals surface area contributed by atoms with Crippen molar-refractivity contribution in [1.82, 2.24) is 15.3 Å². The van der Waals surface area contributed by atoms with E-state index in [1.807, 2.05) is 0 Å². The number of amides is 1. The summed E-state index contributed by atoms with van der Waals surface area (Å²) in [7, 11) is 0. The molecular weight excluding hydrogens is 304 g/mol. The molecule has 1 aliphatic rings. The number of hydrogen-bond donors (Lipinski definition) is 2. The fourth-order valence-corrected chi connectivity index (χ4v) is 2.86. The Bertz CT molecular complexity index is 725. The lowest BCUT2D eigenvalue weighted by Crippen LogP contribution is -2.40. The number of carbonyl (C=O) groups excluding carboxylic acids is 1. The lowest BCUT2D eigenvalue weighted by atomic mass is 9.95. The van der Waals surface area contributed by atoms with Crippen LogP contribution in [0.3, 0.4) is 0 Å². The number of para-hydroxylation sites is 1. The van der Waals surface area contributed by atoms with Gasteiger partial charge in [0.25, 0.3) is 5.91 Å². The van der Waals surface area contributed by atoms with Gasteiger partial charge in [-0.3, -0.25) is 4.79 Å². The Hall–Kier alpha value is -2.76. The van der Waals surface area contributed by atoms with Crippen LogP contribution in [-0.2, 0) is 4.79 Å². The number of phenolic OH excluding ortho intramolecular Hbond substituents is 1. The molecule has 24 heavy (non-hydrogen) atoms. The zero-order chi connectivity index (χ0) is 16.8. The molecule has 1 saturated carbocycles. The highest BCUT2D eigenvalue weighted by Crippen LogP contribution is 2.21. The number of phenols is 1. The molecular formula is C18H20N4O2. The molecule has 0 spiro atoms. The number of aromatic hydroxyl groups is 1. The van der Waals surface area contributed by atoms with E-state index in [9.17, 15) is 9.90 Å². The minimum atomic E-state index is -0.309. The van der Waals surface area contributed by atoms with E-state index in [0.717, 1.165) is 25.7 Å².